The highest BCUT2D eigenvalue weighted by Gasteiger charge is 2.26. The number of nitrogens with zero attached hydrogens (tertiary/aromatic N) is 4. The number of piperazine rings is 1. The van der Waals surface area contributed by atoms with E-state index in [2.05, 4.69) is 20.4 Å². The van der Waals surface area contributed by atoms with Crippen LogP contribution in [0.1, 0.15) is 27.6 Å². The molecule has 1 aliphatic heterocycles. The lowest BCUT2D eigenvalue weighted by Crippen LogP contribution is -2.48. The van der Waals surface area contributed by atoms with Crippen molar-refractivity contribution in [1.29, 1.82) is 0 Å². The first-order valence-corrected chi connectivity index (χ1v) is 11.7. The highest BCUT2D eigenvalue weighted by molar-refractivity contribution is 8.01. The van der Waals surface area contributed by atoms with E-state index >= 15 is 0 Å². The summed E-state index contributed by atoms with van der Waals surface area (Å²) in [5.41, 5.74) is 0.630. The molecule has 0 radical (unpaired) electrons. The van der Waals surface area contributed by atoms with Crippen LogP contribution in [-0.4, -0.2) is 58.8 Å². The van der Waals surface area contributed by atoms with Crippen LogP contribution < -0.4 is 10.2 Å². The lowest BCUT2D eigenvalue weighted by molar-refractivity contribution is -0.118. The topological polar surface area (TPSA) is 105 Å². The number of aromatic nitrogens is 2. The molecule has 31 heavy (non-hydrogen) atoms. The minimum absolute atomic E-state index is 0.00284. The average Bonchev–Trinajstić information content (AvgIpc) is 3.52. The molecule has 4 rings (SSSR count). The quantitative estimate of drug-likeness (QED) is 0.536. The molecule has 164 valence electrons. The van der Waals surface area contributed by atoms with Gasteiger partial charge in [0.1, 0.15) is 17.3 Å². The molecular formula is C20H23N5O4S2. The zero-order valence-corrected chi connectivity index (χ0v) is 18.9. The van der Waals surface area contributed by atoms with Gasteiger partial charge >= 0.3 is 0 Å². The van der Waals surface area contributed by atoms with E-state index in [-0.39, 0.29) is 17.6 Å². The first-order chi connectivity index (χ1) is 15.0. The fourth-order valence-corrected chi connectivity index (χ4v) is 5.00. The van der Waals surface area contributed by atoms with Gasteiger partial charge in [-0.15, -0.1) is 10.2 Å². The number of amides is 2. The number of rotatable bonds is 7. The summed E-state index contributed by atoms with van der Waals surface area (Å²) in [6.45, 7) is 6.62. The van der Waals surface area contributed by atoms with E-state index in [1.165, 1.54) is 23.1 Å². The number of carbonyl (C=O) groups is 2. The number of nitrogens with one attached hydrogen (secondary N) is 1. The second-order valence-corrected chi connectivity index (χ2v) is 9.28. The summed E-state index contributed by atoms with van der Waals surface area (Å²) in [4.78, 5) is 28.7. The van der Waals surface area contributed by atoms with Crippen LogP contribution in [0.5, 0.6) is 0 Å². The number of furan rings is 2. The van der Waals surface area contributed by atoms with Crippen molar-refractivity contribution in [2.24, 2.45) is 0 Å². The molecule has 11 heteroatoms. The van der Waals surface area contributed by atoms with Crippen molar-refractivity contribution in [2.45, 2.75) is 24.7 Å². The molecule has 0 saturated carbocycles. The third-order valence-corrected chi connectivity index (χ3v) is 6.99. The Labute approximate surface area is 187 Å². The lowest BCUT2D eigenvalue weighted by atomic mass is 10.2. The Hall–Kier alpha value is -2.79. The Morgan fingerprint density at radius 2 is 2.03 bits per heavy atom. The average molecular weight is 462 g/mol. The van der Waals surface area contributed by atoms with Crippen LogP contribution in [0.2, 0.25) is 0 Å². The number of thioether (sulfide) groups is 1. The first-order valence-electron chi connectivity index (χ1n) is 9.86. The zero-order chi connectivity index (χ0) is 21.8. The standard InChI is InChI=1S/C20H23N5O4S2/c1-13-10-16(14(2)29-13)18(27)24-5-7-25(8-6-24)19-22-23-20(31-19)30-12-17(26)21-11-15-4-3-9-28-15/h3-4,9-10H,5-8,11-12H2,1-2H3,(H,21,26). The summed E-state index contributed by atoms with van der Waals surface area (Å²) in [6.07, 6.45) is 1.58. The molecule has 0 unspecified atom stereocenters. The molecule has 9 nitrogen and oxygen atoms in total. The Morgan fingerprint density at radius 3 is 2.71 bits per heavy atom. The van der Waals surface area contributed by atoms with Gasteiger partial charge in [-0.25, -0.2) is 0 Å². The van der Waals surface area contributed by atoms with Gasteiger partial charge in [-0.3, -0.25) is 9.59 Å². The van der Waals surface area contributed by atoms with Crippen LogP contribution in [0.15, 0.2) is 37.6 Å². The maximum atomic E-state index is 12.7. The number of hydrogen-bond donors (Lipinski definition) is 1. The summed E-state index contributed by atoms with van der Waals surface area (Å²) in [7, 11) is 0. The second-order valence-electron chi connectivity index (χ2n) is 7.10. The number of hydrogen-bond acceptors (Lipinski definition) is 9. The molecule has 0 aromatic carbocycles. The van der Waals surface area contributed by atoms with Gasteiger partial charge < -0.3 is 24.0 Å². The van der Waals surface area contributed by atoms with E-state index in [4.69, 9.17) is 8.83 Å². The van der Waals surface area contributed by atoms with Gasteiger partial charge in [0.05, 0.1) is 24.1 Å². The summed E-state index contributed by atoms with van der Waals surface area (Å²) in [6, 6.07) is 5.40. The van der Waals surface area contributed by atoms with Crippen molar-refractivity contribution in [2.75, 3.05) is 36.8 Å². The minimum atomic E-state index is -0.0879. The molecule has 0 atom stereocenters. The Kier molecular flexibility index (Phi) is 6.62. The van der Waals surface area contributed by atoms with Crippen LogP contribution in [0.25, 0.3) is 0 Å². The fourth-order valence-electron chi connectivity index (χ4n) is 3.28. The summed E-state index contributed by atoms with van der Waals surface area (Å²) in [5.74, 6) is 2.29. The lowest BCUT2D eigenvalue weighted by Gasteiger charge is -2.34. The molecule has 1 N–H and O–H groups in total. The third kappa shape index (κ3) is 5.28. The van der Waals surface area contributed by atoms with Crippen LogP contribution in [0.3, 0.4) is 0 Å². The molecule has 4 heterocycles. The third-order valence-electron chi connectivity index (χ3n) is 4.87. The van der Waals surface area contributed by atoms with Gasteiger partial charge in [0, 0.05) is 26.2 Å². The summed E-state index contributed by atoms with van der Waals surface area (Å²) >= 11 is 2.82. The van der Waals surface area contributed by atoms with E-state index in [1.54, 1.807) is 18.4 Å². The van der Waals surface area contributed by atoms with Crippen molar-refractivity contribution < 1.29 is 18.4 Å². The van der Waals surface area contributed by atoms with E-state index in [1.807, 2.05) is 24.8 Å². The van der Waals surface area contributed by atoms with Gasteiger partial charge in [0.15, 0.2) is 4.34 Å². The molecule has 1 aliphatic rings. The molecule has 2 amide bonds. The van der Waals surface area contributed by atoms with Crippen molar-refractivity contribution in [3.63, 3.8) is 0 Å². The maximum absolute atomic E-state index is 12.7. The number of aryl methyl sites for hydroxylation is 2. The number of anilines is 1. The molecule has 0 bridgehead atoms. The van der Waals surface area contributed by atoms with Crippen LogP contribution >= 0.6 is 23.1 Å². The molecular weight excluding hydrogens is 438 g/mol. The fraction of sp³-hybridized carbons (Fsp3) is 0.400. The van der Waals surface area contributed by atoms with Crippen LogP contribution in [-0.2, 0) is 11.3 Å². The Bertz CT molecular complexity index is 1040. The predicted molar refractivity (Wildman–Crippen MR) is 117 cm³/mol. The van der Waals surface area contributed by atoms with E-state index in [0.717, 1.165) is 15.2 Å². The number of carbonyl (C=O) groups excluding carboxylic acids is 2. The maximum Gasteiger partial charge on any atom is 0.257 e. The Balaban J connectivity index is 1.24. The van der Waals surface area contributed by atoms with Crippen molar-refractivity contribution in [1.82, 2.24) is 20.4 Å². The Morgan fingerprint density at radius 1 is 1.23 bits per heavy atom. The smallest absolute Gasteiger partial charge is 0.257 e. The largest absolute Gasteiger partial charge is 0.467 e. The molecule has 3 aromatic rings. The first kappa shape index (κ1) is 21.4. The van der Waals surface area contributed by atoms with Crippen LogP contribution in [0, 0.1) is 13.8 Å². The van der Waals surface area contributed by atoms with E-state index in [0.29, 0.717) is 49.8 Å². The highest BCUT2D eigenvalue weighted by atomic mass is 32.2. The van der Waals surface area contributed by atoms with E-state index < -0.39 is 0 Å². The minimum Gasteiger partial charge on any atom is -0.467 e. The molecule has 3 aromatic heterocycles. The molecule has 0 aliphatic carbocycles. The van der Waals surface area contributed by atoms with Gasteiger partial charge in [-0.2, -0.15) is 0 Å². The van der Waals surface area contributed by atoms with Gasteiger partial charge in [0.25, 0.3) is 5.91 Å². The monoisotopic (exact) mass is 461 g/mol. The van der Waals surface area contributed by atoms with Crippen LogP contribution in [0.4, 0.5) is 5.13 Å². The van der Waals surface area contributed by atoms with Crippen molar-refractivity contribution in [3.05, 3.63) is 47.3 Å². The SMILES string of the molecule is Cc1cc(C(=O)N2CCN(c3nnc(SCC(=O)NCc4ccco4)s3)CC2)c(C)o1. The van der Waals surface area contributed by atoms with Gasteiger partial charge in [-0.1, -0.05) is 23.1 Å². The van der Waals surface area contributed by atoms with E-state index in [9.17, 15) is 9.59 Å². The molecule has 1 saturated heterocycles. The molecule has 0 spiro atoms. The van der Waals surface area contributed by atoms with Crippen molar-refractivity contribution in [3.8, 4) is 0 Å². The van der Waals surface area contributed by atoms with Crippen molar-refractivity contribution >= 4 is 40.0 Å². The van der Waals surface area contributed by atoms with Gasteiger partial charge in [0.2, 0.25) is 11.0 Å². The zero-order valence-electron chi connectivity index (χ0n) is 17.3. The summed E-state index contributed by atoms with van der Waals surface area (Å²) in [5, 5.41) is 12.1. The molecule has 1 fully saturated rings. The van der Waals surface area contributed by atoms with Gasteiger partial charge in [-0.05, 0) is 32.0 Å². The second kappa shape index (κ2) is 9.56. The normalized spacial score (nSPS) is 14.1. The highest BCUT2D eigenvalue weighted by Crippen LogP contribution is 2.29. The predicted octanol–water partition coefficient (Wildman–Crippen LogP) is 2.71. The summed E-state index contributed by atoms with van der Waals surface area (Å²) < 4.78 is 11.4.